The fraction of sp³-hybridized carbons (Fsp3) is 0.348. The van der Waals surface area contributed by atoms with Crippen LogP contribution in [0, 0.1) is 29.5 Å². The lowest BCUT2D eigenvalue weighted by Crippen LogP contribution is -2.29. The highest BCUT2D eigenvalue weighted by Crippen LogP contribution is 2.28. The van der Waals surface area contributed by atoms with Gasteiger partial charge in [0.05, 0.1) is 6.54 Å². The Kier molecular flexibility index (Phi) is 6.80. The summed E-state index contributed by atoms with van der Waals surface area (Å²) in [5.41, 5.74) is 6.62. The van der Waals surface area contributed by atoms with Crippen molar-refractivity contribution in [3.8, 4) is 35.1 Å². The predicted molar refractivity (Wildman–Crippen MR) is 121 cm³/mol. The first-order chi connectivity index (χ1) is 14.5. The van der Waals surface area contributed by atoms with Gasteiger partial charge in [0.25, 0.3) is 0 Å². The lowest BCUT2D eigenvalue weighted by Gasteiger charge is -2.26. The van der Waals surface area contributed by atoms with E-state index in [2.05, 4.69) is 38.6 Å². The minimum atomic E-state index is -1.01. The predicted octanol–water partition coefficient (Wildman–Crippen LogP) is 3.71. The van der Waals surface area contributed by atoms with E-state index in [1.165, 1.54) is 12.1 Å². The van der Waals surface area contributed by atoms with Crippen LogP contribution in [0.1, 0.15) is 44.9 Å². The van der Waals surface area contributed by atoms with Crippen molar-refractivity contribution in [2.45, 2.75) is 51.2 Å². The standard InChI is InChI=1S/C23H22FN5O.ClH/c1-2-3-14-29-21(16-8-7-9-17(24)15-16)28-19-20(25)26-18(27-22(19)29)10-13-23(30)11-5-4-6-12-23;/h7-9,15,30H,4-6,11-12,14H2,1H3,(H2,25,26,27);1H. The number of hydrogen-bond donors (Lipinski definition) is 2. The Morgan fingerprint density at radius 1 is 1.19 bits per heavy atom. The number of nitrogens with zero attached hydrogens (tertiary/aromatic N) is 4. The number of halogens is 2. The van der Waals surface area contributed by atoms with E-state index in [9.17, 15) is 9.50 Å². The molecule has 0 unspecified atom stereocenters. The fourth-order valence-corrected chi connectivity index (χ4v) is 3.67. The minimum absolute atomic E-state index is 0. The number of anilines is 1. The molecule has 1 aliphatic rings. The Labute approximate surface area is 186 Å². The Morgan fingerprint density at radius 2 is 1.97 bits per heavy atom. The van der Waals surface area contributed by atoms with Crippen molar-refractivity contribution in [3.05, 3.63) is 35.9 Å². The summed E-state index contributed by atoms with van der Waals surface area (Å²) in [6.45, 7) is 2.05. The molecular weight excluding hydrogens is 417 g/mol. The second-order valence-electron chi connectivity index (χ2n) is 7.41. The Bertz CT molecular complexity index is 1230. The van der Waals surface area contributed by atoms with Gasteiger partial charge >= 0.3 is 0 Å². The maximum Gasteiger partial charge on any atom is 0.209 e. The van der Waals surface area contributed by atoms with E-state index in [0.29, 0.717) is 41.9 Å². The van der Waals surface area contributed by atoms with Gasteiger partial charge in [0, 0.05) is 5.56 Å². The molecule has 2 heterocycles. The molecule has 0 radical (unpaired) electrons. The quantitative estimate of drug-likeness (QED) is 0.594. The third kappa shape index (κ3) is 4.80. The molecule has 8 heteroatoms. The lowest BCUT2D eigenvalue weighted by atomic mass is 9.85. The van der Waals surface area contributed by atoms with Gasteiger partial charge in [-0.15, -0.1) is 18.3 Å². The third-order valence-corrected chi connectivity index (χ3v) is 5.21. The number of benzene rings is 1. The molecule has 0 aliphatic heterocycles. The number of rotatable bonds is 2. The molecule has 6 nitrogen and oxygen atoms in total. The molecule has 0 atom stereocenters. The first kappa shape index (κ1) is 22.6. The number of fused-ring (bicyclic) bond motifs is 1. The van der Waals surface area contributed by atoms with Crippen molar-refractivity contribution in [3.63, 3.8) is 0 Å². The number of imidazole rings is 1. The molecule has 31 heavy (non-hydrogen) atoms. The van der Waals surface area contributed by atoms with Crippen LogP contribution in [0.3, 0.4) is 0 Å². The van der Waals surface area contributed by atoms with Gasteiger partial charge < -0.3 is 10.8 Å². The van der Waals surface area contributed by atoms with Crippen LogP contribution in [0.4, 0.5) is 10.2 Å². The van der Waals surface area contributed by atoms with Gasteiger partial charge in [-0.3, -0.25) is 4.57 Å². The zero-order valence-corrected chi connectivity index (χ0v) is 18.0. The first-order valence-electron chi connectivity index (χ1n) is 9.94. The van der Waals surface area contributed by atoms with Gasteiger partial charge in [0.1, 0.15) is 17.2 Å². The smallest absolute Gasteiger partial charge is 0.209 e. The van der Waals surface area contributed by atoms with Crippen LogP contribution in [0.15, 0.2) is 24.3 Å². The topological polar surface area (TPSA) is 89.9 Å². The van der Waals surface area contributed by atoms with Crippen molar-refractivity contribution in [2.75, 3.05) is 5.73 Å². The second kappa shape index (κ2) is 9.34. The van der Waals surface area contributed by atoms with Gasteiger partial charge in [-0.1, -0.05) is 30.4 Å². The third-order valence-electron chi connectivity index (χ3n) is 5.21. The summed E-state index contributed by atoms with van der Waals surface area (Å²) in [6, 6.07) is 6.17. The number of nitrogen functional groups attached to an aromatic ring is 1. The van der Waals surface area contributed by atoms with E-state index in [4.69, 9.17) is 5.73 Å². The molecule has 4 rings (SSSR count). The highest BCUT2D eigenvalue weighted by Gasteiger charge is 2.26. The zero-order chi connectivity index (χ0) is 21.1. The highest BCUT2D eigenvalue weighted by molar-refractivity contribution is 5.86. The molecular formula is C23H23ClFN5O. The van der Waals surface area contributed by atoms with E-state index >= 15 is 0 Å². The number of aliphatic hydroxyl groups is 1. The van der Waals surface area contributed by atoms with Crippen molar-refractivity contribution < 1.29 is 9.50 Å². The Balaban J connectivity index is 0.00000272. The molecule has 1 aliphatic carbocycles. The fourth-order valence-electron chi connectivity index (χ4n) is 3.67. The molecule has 0 bridgehead atoms. The molecule has 1 fully saturated rings. The van der Waals surface area contributed by atoms with Crippen LogP contribution in [0.5, 0.6) is 0 Å². The van der Waals surface area contributed by atoms with Crippen LogP contribution in [0.25, 0.3) is 22.6 Å². The average Bonchev–Trinajstić information content (AvgIpc) is 3.10. The van der Waals surface area contributed by atoms with Gasteiger partial charge in [-0.2, -0.15) is 0 Å². The van der Waals surface area contributed by atoms with Crippen LogP contribution in [-0.2, 0) is 6.54 Å². The molecule has 160 valence electrons. The molecule has 3 aromatic rings. The number of aromatic nitrogens is 4. The second-order valence-corrected chi connectivity index (χ2v) is 7.41. The van der Waals surface area contributed by atoms with Crippen molar-refractivity contribution in [2.24, 2.45) is 0 Å². The number of hydrogen-bond acceptors (Lipinski definition) is 5. The highest BCUT2D eigenvalue weighted by atomic mass is 35.5. The number of nitrogens with two attached hydrogens (primary N) is 1. The van der Waals surface area contributed by atoms with E-state index in [-0.39, 0.29) is 29.9 Å². The van der Waals surface area contributed by atoms with Gasteiger partial charge in [-0.25, -0.2) is 19.3 Å². The minimum Gasteiger partial charge on any atom is -0.382 e. The van der Waals surface area contributed by atoms with E-state index in [1.54, 1.807) is 23.6 Å². The molecule has 1 aromatic carbocycles. The van der Waals surface area contributed by atoms with Gasteiger partial charge in [0.15, 0.2) is 17.0 Å². The normalized spacial score (nSPS) is 14.7. The SMILES string of the molecule is CC#CCn1c(-c2cccc(F)c2)nc2c(N)nc(C#CC3(O)CCCCC3)nc21.Cl. The van der Waals surface area contributed by atoms with E-state index in [1.807, 2.05) is 0 Å². The Morgan fingerprint density at radius 3 is 2.68 bits per heavy atom. The molecule has 1 saturated carbocycles. The van der Waals surface area contributed by atoms with Crippen LogP contribution >= 0.6 is 12.4 Å². The molecule has 2 aromatic heterocycles. The molecule has 0 saturated heterocycles. The largest absolute Gasteiger partial charge is 0.382 e. The first-order valence-corrected chi connectivity index (χ1v) is 9.94. The summed E-state index contributed by atoms with van der Waals surface area (Å²) in [5.74, 6) is 12.2. The Hall–Kier alpha value is -3.13. The summed E-state index contributed by atoms with van der Waals surface area (Å²) in [5, 5.41) is 10.6. The lowest BCUT2D eigenvalue weighted by molar-refractivity contribution is 0.0610. The molecule has 0 spiro atoms. The van der Waals surface area contributed by atoms with Crippen LogP contribution in [-0.4, -0.2) is 30.2 Å². The van der Waals surface area contributed by atoms with Crippen molar-refractivity contribution in [1.29, 1.82) is 0 Å². The van der Waals surface area contributed by atoms with Gasteiger partial charge in [-0.05, 0) is 50.7 Å². The summed E-state index contributed by atoms with van der Waals surface area (Å²) in [4.78, 5) is 13.4. The zero-order valence-electron chi connectivity index (χ0n) is 17.2. The summed E-state index contributed by atoms with van der Waals surface area (Å²) < 4.78 is 15.6. The summed E-state index contributed by atoms with van der Waals surface area (Å²) in [6.07, 6.45) is 4.30. The monoisotopic (exact) mass is 439 g/mol. The maximum atomic E-state index is 13.8. The van der Waals surface area contributed by atoms with E-state index in [0.717, 1.165) is 19.3 Å². The molecule has 3 N–H and O–H groups in total. The average molecular weight is 440 g/mol. The van der Waals surface area contributed by atoms with Crippen LogP contribution in [0.2, 0.25) is 0 Å². The van der Waals surface area contributed by atoms with Gasteiger partial charge in [0.2, 0.25) is 5.82 Å². The van der Waals surface area contributed by atoms with E-state index < -0.39 is 5.60 Å². The van der Waals surface area contributed by atoms with Crippen molar-refractivity contribution in [1.82, 2.24) is 19.5 Å². The summed E-state index contributed by atoms with van der Waals surface area (Å²) in [7, 11) is 0. The summed E-state index contributed by atoms with van der Waals surface area (Å²) >= 11 is 0. The molecule has 0 amide bonds. The van der Waals surface area contributed by atoms with Crippen LogP contribution < -0.4 is 5.73 Å². The van der Waals surface area contributed by atoms with Crippen molar-refractivity contribution >= 4 is 29.4 Å². The maximum absolute atomic E-state index is 13.8.